The molecule has 164 valence electrons. The Labute approximate surface area is 187 Å². The van der Waals surface area contributed by atoms with Crippen molar-refractivity contribution in [3.63, 3.8) is 0 Å². The lowest BCUT2D eigenvalue weighted by molar-refractivity contribution is 0.288. The molecule has 7 heteroatoms. The Morgan fingerprint density at radius 1 is 1.19 bits per heavy atom. The van der Waals surface area contributed by atoms with E-state index in [1.165, 1.54) is 0 Å². The number of nitrogens with two attached hydrogens (primary N) is 1. The summed E-state index contributed by atoms with van der Waals surface area (Å²) in [6.45, 7) is 4.64. The molecule has 0 fully saturated rings. The van der Waals surface area contributed by atoms with Crippen LogP contribution in [0, 0.1) is 18.3 Å². The number of nitriles is 1. The number of allylic oxidation sites excluding steroid dienone is 1. The van der Waals surface area contributed by atoms with Crippen molar-refractivity contribution in [2.75, 3.05) is 13.7 Å². The van der Waals surface area contributed by atoms with E-state index in [0.717, 1.165) is 35.3 Å². The van der Waals surface area contributed by atoms with Gasteiger partial charge in [-0.15, -0.1) is 0 Å². The van der Waals surface area contributed by atoms with Crippen molar-refractivity contribution >= 4 is 0 Å². The molecular weight excluding hydrogens is 404 g/mol. The molecule has 1 aliphatic heterocycles. The monoisotopic (exact) mass is 430 g/mol. The summed E-state index contributed by atoms with van der Waals surface area (Å²) < 4.78 is 19.1. The molecule has 3 aromatic rings. The van der Waals surface area contributed by atoms with Gasteiger partial charge >= 0.3 is 0 Å². The van der Waals surface area contributed by atoms with Crippen LogP contribution in [0.2, 0.25) is 0 Å². The van der Waals surface area contributed by atoms with Crippen LogP contribution < -0.4 is 19.9 Å². The molecule has 4 rings (SSSR count). The minimum absolute atomic E-state index is 0.0734. The van der Waals surface area contributed by atoms with Crippen LogP contribution in [-0.4, -0.2) is 23.5 Å². The minimum atomic E-state index is -0.431. The lowest BCUT2D eigenvalue weighted by Gasteiger charge is -2.25. The third kappa shape index (κ3) is 3.76. The van der Waals surface area contributed by atoms with Crippen LogP contribution in [0.5, 0.6) is 17.4 Å². The number of hydrogen-bond donors (Lipinski definition) is 1. The molecule has 0 aliphatic carbocycles. The van der Waals surface area contributed by atoms with Crippen LogP contribution in [0.4, 0.5) is 0 Å². The molecule has 32 heavy (non-hydrogen) atoms. The van der Waals surface area contributed by atoms with Gasteiger partial charge in [0.25, 0.3) is 0 Å². The summed E-state index contributed by atoms with van der Waals surface area (Å²) in [4.78, 5) is 0. The van der Waals surface area contributed by atoms with Gasteiger partial charge in [-0.1, -0.05) is 37.6 Å². The number of hydrogen-bond acceptors (Lipinski definition) is 6. The number of ether oxygens (including phenoxy) is 3. The van der Waals surface area contributed by atoms with Crippen LogP contribution in [0.15, 0.2) is 60.0 Å². The van der Waals surface area contributed by atoms with E-state index in [1.807, 2.05) is 55.5 Å². The minimum Gasteiger partial charge on any atom is -0.493 e. The quantitative estimate of drug-likeness (QED) is 0.551. The number of methoxy groups -OCH3 is 1. The zero-order valence-electron chi connectivity index (χ0n) is 18.5. The molecular formula is C25H26N4O3. The third-order valence-electron chi connectivity index (χ3n) is 5.51. The van der Waals surface area contributed by atoms with Gasteiger partial charge in [-0.3, -0.25) is 0 Å². The zero-order valence-corrected chi connectivity index (χ0v) is 18.5. The van der Waals surface area contributed by atoms with Gasteiger partial charge in [0.05, 0.1) is 36.6 Å². The molecule has 7 nitrogen and oxygen atoms in total. The first-order valence-electron chi connectivity index (χ1n) is 10.6. The van der Waals surface area contributed by atoms with Gasteiger partial charge in [0.2, 0.25) is 11.8 Å². The number of rotatable bonds is 7. The van der Waals surface area contributed by atoms with Crippen LogP contribution in [0.1, 0.15) is 42.5 Å². The van der Waals surface area contributed by atoms with Gasteiger partial charge in [-0.2, -0.15) is 10.4 Å². The number of fused-ring (bicyclic) bond motifs is 1. The number of aryl methyl sites for hydroxylation is 1. The molecule has 0 bridgehead atoms. The molecule has 1 aromatic heterocycles. The topological polar surface area (TPSA) is 95.3 Å². The summed E-state index contributed by atoms with van der Waals surface area (Å²) in [5, 5.41) is 14.6. The Morgan fingerprint density at radius 3 is 2.66 bits per heavy atom. The molecule has 2 aromatic carbocycles. The van der Waals surface area contributed by atoms with E-state index < -0.39 is 5.92 Å². The highest BCUT2D eigenvalue weighted by Crippen LogP contribution is 2.46. The molecule has 1 aliphatic rings. The van der Waals surface area contributed by atoms with Crippen LogP contribution in [0.25, 0.3) is 5.69 Å². The van der Waals surface area contributed by atoms with E-state index in [1.54, 1.807) is 11.8 Å². The summed E-state index contributed by atoms with van der Waals surface area (Å²) in [5.74, 6) is 1.43. The Hall–Kier alpha value is -3.92. The molecule has 1 atom stereocenters. The van der Waals surface area contributed by atoms with Gasteiger partial charge in [-0.25, -0.2) is 4.68 Å². The van der Waals surface area contributed by atoms with Gasteiger partial charge in [0, 0.05) is 0 Å². The normalized spacial score (nSPS) is 15.0. The van der Waals surface area contributed by atoms with E-state index in [2.05, 4.69) is 13.0 Å². The van der Waals surface area contributed by atoms with Gasteiger partial charge in [0.1, 0.15) is 11.6 Å². The first-order chi connectivity index (χ1) is 15.6. The Kier molecular flexibility index (Phi) is 6.04. The second-order valence-corrected chi connectivity index (χ2v) is 7.59. The maximum Gasteiger partial charge on any atom is 0.229 e. The number of benzene rings is 2. The summed E-state index contributed by atoms with van der Waals surface area (Å²) in [6.07, 6.45) is 2.01. The second kappa shape index (κ2) is 9.06. The highest BCUT2D eigenvalue weighted by atomic mass is 16.5. The Bertz CT molecular complexity index is 1190. The molecule has 2 heterocycles. The lowest BCUT2D eigenvalue weighted by Crippen LogP contribution is -2.22. The molecule has 0 spiro atoms. The number of aromatic nitrogens is 2. The van der Waals surface area contributed by atoms with Gasteiger partial charge < -0.3 is 19.9 Å². The largest absolute Gasteiger partial charge is 0.493 e. The highest BCUT2D eigenvalue weighted by Gasteiger charge is 2.36. The number of unbranched alkanes of at least 4 members (excludes halogenated alkanes) is 1. The summed E-state index contributed by atoms with van der Waals surface area (Å²) in [6, 6.07) is 17.6. The zero-order chi connectivity index (χ0) is 22.7. The fourth-order valence-electron chi connectivity index (χ4n) is 3.90. The van der Waals surface area contributed by atoms with Crippen molar-refractivity contribution in [1.29, 1.82) is 5.26 Å². The maximum absolute atomic E-state index is 9.91. The Morgan fingerprint density at radius 2 is 1.97 bits per heavy atom. The summed E-state index contributed by atoms with van der Waals surface area (Å²) >= 11 is 0. The number of nitrogens with zero attached hydrogens (tertiary/aromatic N) is 3. The summed E-state index contributed by atoms with van der Waals surface area (Å²) in [7, 11) is 1.61. The fourth-order valence-corrected chi connectivity index (χ4v) is 3.90. The predicted molar refractivity (Wildman–Crippen MR) is 121 cm³/mol. The average molecular weight is 431 g/mol. The van der Waals surface area contributed by atoms with E-state index in [0.29, 0.717) is 29.6 Å². The van der Waals surface area contributed by atoms with Crippen molar-refractivity contribution in [3.05, 3.63) is 76.8 Å². The first kappa shape index (κ1) is 21.3. The molecule has 2 N–H and O–H groups in total. The van der Waals surface area contributed by atoms with E-state index in [9.17, 15) is 5.26 Å². The van der Waals surface area contributed by atoms with Crippen molar-refractivity contribution in [2.45, 2.75) is 32.6 Å². The summed E-state index contributed by atoms with van der Waals surface area (Å²) in [5.41, 5.74) is 9.82. The van der Waals surface area contributed by atoms with Crippen molar-refractivity contribution in [2.24, 2.45) is 5.73 Å². The highest BCUT2D eigenvalue weighted by molar-refractivity contribution is 5.59. The third-order valence-corrected chi connectivity index (χ3v) is 5.51. The smallest absolute Gasteiger partial charge is 0.229 e. The van der Waals surface area contributed by atoms with Crippen LogP contribution >= 0.6 is 0 Å². The van der Waals surface area contributed by atoms with Crippen molar-refractivity contribution in [3.8, 4) is 29.1 Å². The average Bonchev–Trinajstić information content (AvgIpc) is 3.14. The molecule has 0 saturated carbocycles. The van der Waals surface area contributed by atoms with Gasteiger partial charge in [-0.05, 0) is 43.2 Å². The van der Waals surface area contributed by atoms with E-state index in [4.69, 9.17) is 25.0 Å². The lowest BCUT2D eigenvalue weighted by atomic mass is 9.84. The number of para-hydroxylation sites is 1. The van der Waals surface area contributed by atoms with E-state index >= 15 is 0 Å². The molecule has 0 amide bonds. The first-order valence-corrected chi connectivity index (χ1v) is 10.6. The SMILES string of the molecule is CCCCOc1ccc(C2C(C#N)=C(N)Oc3c2c(C)nn3-c2ccccc2)cc1OC. The van der Waals surface area contributed by atoms with E-state index in [-0.39, 0.29) is 5.88 Å². The van der Waals surface area contributed by atoms with Crippen LogP contribution in [-0.2, 0) is 0 Å². The van der Waals surface area contributed by atoms with Crippen molar-refractivity contribution in [1.82, 2.24) is 9.78 Å². The van der Waals surface area contributed by atoms with Crippen LogP contribution in [0.3, 0.4) is 0 Å². The molecule has 1 unspecified atom stereocenters. The Balaban J connectivity index is 1.83. The standard InChI is InChI=1S/C25H26N4O3/c1-4-5-13-31-20-12-11-17(14-21(20)30-3)23-19(15-26)24(27)32-25-22(23)16(2)28-29(25)18-9-7-6-8-10-18/h6-12,14,23H,4-5,13,27H2,1-3H3. The second-order valence-electron chi connectivity index (χ2n) is 7.59. The molecule has 0 saturated heterocycles. The van der Waals surface area contributed by atoms with Gasteiger partial charge in [0.15, 0.2) is 11.5 Å². The predicted octanol–water partition coefficient (Wildman–Crippen LogP) is 4.59. The fraction of sp³-hybridized carbons (Fsp3) is 0.280. The maximum atomic E-state index is 9.91. The molecule has 0 radical (unpaired) electrons. The van der Waals surface area contributed by atoms with Crippen molar-refractivity contribution < 1.29 is 14.2 Å².